The van der Waals surface area contributed by atoms with E-state index in [0.29, 0.717) is 61.6 Å². The first-order valence-electron chi connectivity index (χ1n) is 17.3. The summed E-state index contributed by atoms with van der Waals surface area (Å²) < 4.78 is 10.4. The monoisotopic (exact) mass is 722 g/mol. The molecule has 13 nitrogen and oxygen atoms in total. The van der Waals surface area contributed by atoms with Gasteiger partial charge in [0, 0.05) is 40.5 Å². The first-order chi connectivity index (χ1) is 25.1. The molecule has 5 N–H and O–H groups in total. The zero-order valence-corrected chi connectivity index (χ0v) is 30.6. The van der Waals surface area contributed by atoms with Crippen LogP contribution in [0.25, 0.3) is 38.8 Å². The van der Waals surface area contributed by atoms with Crippen molar-refractivity contribution in [3.05, 3.63) is 87.0 Å². The molecular formula is C40H42N4O9. The molecule has 8 bridgehead atoms. The van der Waals surface area contributed by atoms with Crippen molar-refractivity contribution in [2.75, 3.05) is 14.2 Å². The van der Waals surface area contributed by atoms with Crippen molar-refractivity contribution in [2.45, 2.75) is 71.8 Å². The number of aliphatic hydroxyl groups is 1. The predicted molar refractivity (Wildman–Crippen MR) is 197 cm³/mol. The minimum Gasteiger partial charge on any atom is -0.481 e. The summed E-state index contributed by atoms with van der Waals surface area (Å²) in [6.07, 6.45) is 2.56. The number of carboxylic acid groups (broad SMARTS) is 2. The minimum absolute atomic E-state index is 0.0956. The summed E-state index contributed by atoms with van der Waals surface area (Å²) in [6.45, 7) is 9.11. The molecular weight excluding hydrogens is 680 g/mol. The number of hydrogen-bond acceptors (Lipinski definition) is 9. The number of carbonyl (C=O) groups excluding carboxylic acids is 2. The van der Waals surface area contributed by atoms with Crippen LogP contribution in [0.3, 0.4) is 0 Å². The van der Waals surface area contributed by atoms with E-state index in [1.54, 1.807) is 31.2 Å². The van der Waals surface area contributed by atoms with Gasteiger partial charge < -0.3 is 34.8 Å². The lowest BCUT2D eigenvalue weighted by Gasteiger charge is -2.36. The first kappa shape index (κ1) is 37.0. The Hall–Kier alpha value is -5.82. The van der Waals surface area contributed by atoms with Crippen molar-refractivity contribution in [3.63, 3.8) is 0 Å². The molecule has 0 aromatic carbocycles. The SMILES string of the molecule is COC(=O)C1=CC=C2c3cc4nc(cc5[nH]c(cc6[nH]c(cc(n3)C2(C)C1C(=O)OC)c(C(C)O)c6C)c(C)c5CCC(=O)O)C(CCC(=O)O)=C4C. The van der Waals surface area contributed by atoms with Crippen LogP contribution < -0.4 is 0 Å². The number of aliphatic carboxylic acids is 2. The van der Waals surface area contributed by atoms with Crippen molar-refractivity contribution in [1.82, 2.24) is 19.9 Å². The normalized spacial score (nSPS) is 18.5. The van der Waals surface area contributed by atoms with Gasteiger partial charge in [0.2, 0.25) is 0 Å². The number of carbonyl (C=O) groups is 4. The maximum absolute atomic E-state index is 13.7. The van der Waals surface area contributed by atoms with Crippen LogP contribution >= 0.6 is 0 Å². The molecule has 5 heterocycles. The van der Waals surface area contributed by atoms with Crippen LogP contribution in [0.2, 0.25) is 0 Å². The van der Waals surface area contributed by atoms with E-state index in [1.807, 2.05) is 39.8 Å². The van der Waals surface area contributed by atoms with Crippen LogP contribution in [0.1, 0.15) is 91.2 Å². The number of nitrogens with one attached hydrogen (secondary N) is 2. The van der Waals surface area contributed by atoms with Gasteiger partial charge >= 0.3 is 23.9 Å². The molecule has 3 aliphatic rings. The number of hydrogen-bond donors (Lipinski definition) is 5. The number of nitrogens with zero attached hydrogens (tertiary/aromatic N) is 2. The lowest BCUT2D eigenvalue weighted by Crippen LogP contribution is -2.42. The van der Waals surface area contributed by atoms with Gasteiger partial charge in [-0.1, -0.05) is 12.2 Å². The van der Waals surface area contributed by atoms with Crippen molar-refractivity contribution >= 4 is 62.7 Å². The minimum atomic E-state index is -1.24. The number of fused-ring (bicyclic) bond motifs is 11. The van der Waals surface area contributed by atoms with Gasteiger partial charge in [0.1, 0.15) is 5.92 Å². The van der Waals surface area contributed by atoms with E-state index in [1.165, 1.54) is 14.2 Å². The van der Waals surface area contributed by atoms with E-state index in [4.69, 9.17) is 19.4 Å². The van der Waals surface area contributed by atoms with Gasteiger partial charge in [-0.2, -0.15) is 0 Å². The highest BCUT2D eigenvalue weighted by molar-refractivity contribution is 6.02. The van der Waals surface area contributed by atoms with E-state index >= 15 is 0 Å². The molecule has 0 radical (unpaired) electrons. The van der Waals surface area contributed by atoms with Crippen molar-refractivity contribution in [1.29, 1.82) is 0 Å². The maximum atomic E-state index is 13.7. The molecule has 13 heteroatoms. The number of aromatic amines is 2. The summed E-state index contributed by atoms with van der Waals surface area (Å²) in [5, 5.41) is 30.3. The Labute approximate surface area is 305 Å². The molecule has 0 fully saturated rings. The van der Waals surface area contributed by atoms with Gasteiger partial charge in [-0.25, -0.2) is 9.78 Å². The molecule has 0 amide bonds. The third kappa shape index (κ3) is 6.35. The Bertz CT molecular complexity index is 2360. The number of carboxylic acids is 2. The number of aromatic nitrogens is 4. The molecule has 1 aliphatic carbocycles. The number of rotatable bonds is 9. The van der Waals surface area contributed by atoms with Crippen molar-refractivity contribution < 1.29 is 44.0 Å². The summed E-state index contributed by atoms with van der Waals surface area (Å²) in [5.41, 5.74) is 8.38. The maximum Gasteiger partial charge on any atom is 0.334 e. The molecule has 3 unspecified atom stereocenters. The summed E-state index contributed by atoms with van der Waals surface area (Å²) in [6, 6.07) is 7.28. The zero-order chi connectivity index (χ0) is 38.5. The van der Waals surface area contributed by atoms with Crippen molar-refractivity contribution in [2.24, 2.45) is 5.92 Å². The second kappa shape index (κ2) is 14.0. The Kier molecular flexibility index (Phi) is 9.73. The highest BCUT2D eigenvalue weighted by Gasteiger charge is 2.53. The van der Waals surface area contributed by atoms with Crippen LogP contribution in [-0.2, 0) is 40.5 Å². The molecule has 3 aromatic rings. The highest BCUT2D eigenvalue weighted by atomic mass is 16.5. The number of esters is 2. The van der Waals surface area contributed by atoms with E-state index in [9.17, 15) is 34.5 Å². The van der Waals surface area contributed by atoms with E-state index < -0.39 is 41.3 Å². The summed E-state index contributed by atoms with van der Waals surface area (Å²) in [4.78, 5) is 67.2. The second-order valence-corrected chi connectivity index (χ2v) is 13.8. The van der Waals surface area contributed by atoms with E-state index in [0.717, 1.165) is 22.3 Å². The van der Waals surface area contributed by atoms with Gasteiger partial charge in [0.25, 0.3) is 0 Å². The Balaban J connectivity index is 1.79. The average molecular weight is 723 g/mol. The van der Waals surface area contributed by atoms with Crippen LogP contribution in [-0.4, -0.2) is 73.4 Å². The highest BCUT2D eigenvalue weighted by Crippen LogP contribution is 2.52. The first-order valence-corrected chi connectivity index (χ1v) is 17.3. The van der Waals surface area contributed by atoms with Crippen LogP contribution in [0, 0.1) is 19.8 Å². The van der Waals surface area contributed by atoms with Crippen LogP contribution in [0.5, 0.6) is 0 Å². The largest absolute Gasteiger partial charge is 0.481 e. The molecule has 3 atom stereocenters. The fraction of sp³-hybridized carbons (Fsp3) is 0.350. The Morgan fingerprint density at radius 3 is 2.11 bits per heavy atom. The Morgan fingerprint density at radius 2 is 1.47 bits per heavy atom. The molecule has 0 saturated carbocycles. The fourth-order valence-electron chi connectivity index (χ4n) is 7.86. The van der Waals surface area contributed by atoms with Crippen LogP contribution in [0.15, 0.2) is 42.0 Å². The standard InChI is InChI=1S/C40H42N4O9/c1-18-22(9-12-34(46)47)29-16-30-23(10-13-35(48)49)19(2)27(42-30)15-31-25-11-8-24(38(50)52-6)37(39(51)53-7)40(25,5)33(44-31)17-32-36(21(4)45)20(3)28(43-32)14-26(18)41-29/h8,11,14-17,21,37,41,43,45H,9-10,12-13H2,1-7H3,(H,46,47)(H,48,49). The predicted octanol–water partition coefficient (Wildman–Crippen LogP) is 6.04. The third-order valence-electron chi connectivity index (χ3n) is 10.7. The molecule has 53 heavy (non-hydrogen) atoms. The van der Waals surface area contributed by atoms with Gasteiger partial charge in [-0.15, -0.1) is 0 Å². The number of aryl methyl sites for hydroxylation is 3. The van der Waals surface area contributed by atoms with Gasteiger partial charge in [-0.05, 0) is 105 Å². The van der Waals surface area contributed by atoms with Gasteiger partial charge in [-0.3, -0.25) is 19.4 Å². The number of aliphatic hydroxyl groups excluding tert-OH is 1. The molecule has 0 spiro atoms. The van der Waals surface area contributed by atoms with Gasteiger partial charge in [0.15, 0.2) is 0 Å². The lowest BCUT2D eigenvalue weighted by atomic mass is 9.64. The molecule has 6 rings (SSSR count). The third-order valence-corrected chi connectivity index (χ3v) is 10.7. The van der Waals surface area contributed by atoms with E-state index in [2.05, 4.69) is 9.97 Å². The quantitative estimate of drug-likeness (QED) is 0.161. The second-order valence-electron chi connectivity index (χ2n) is 13.8. The molecule has 0 saturated heterocycles. The Morgan fingerprint density at radius 1 is 0.811 bits per heavy atom. The number of allylic oxidation sites excluding steroid dienone is 5. The topological polar surface area (TPSA) is 205 Å². The average Bonchev–Trinajstić information content (AvgIpc) is 3.76. The number of ether oxygens (including phenoxy) is 2. The molecule has 276 valence electrons. The molecule has 2 aliphatic heterocycles. The smallest absolute Gasteiger partial charge is 0.334 e. The van der Waals surface area contributed by atoms with E-state index in [-0.39, 0.29) is 31.3 Å². The summed E-state index contributed by atoms with van der Waals surface area (Å²) in [7, 11) is 2.49. The summed E-state index contributed by atoms with van der Waals surface area (Å²) in [5.74, 6) is -4.41. The lowest BCUT2D eigenvalue weighted by molar-refractivity contribution is -0.149. The molecule has 3 aromatic heterocycles. The van der Waals surface area contributed by atoms with Crippen LogP contribution in [0.4, 0.5) is 0 Å². The zero-order valence-electron chi connectivity index (χ0n) is 30.6. The number of H-pyrrole nitrogens is 2. The summed E-state index contributed by atoms with van der Waals surface area (Å²) >= 11 is 0. The van der Waals surface area contributed by atoms with Crippen molar-refractivity contribution in [3.8, 4) is 0 Å². The fourth-order valence-corrected chi connectivity index (χ4v) is 7.86. The number of methoxy groups -OCH3 is 2. The van der Waals surface area contributed by atoms with Gasteiger partial charge in [0.05, 0.1) is 54.1 Å².